The van der Waals surface area contributed by atoms with E-state index in [0.29, 0.717) is 0 Å². The molecule has 1 aliphatic rings. The SMILES string of the molecule is CCC.Cc1ccc2c(c1)CNC2. The number of fused-ring (bicyclic) bond motifs is 1. The van der Waals surface area contributed by atoms with Gasteiger partial charge >= 0.3 is 0 Å². The lowest BCUT2D eigenvalue weighted by Crippen LogP contribution is -1.99. The average Bonchev–Trinajstić information content (AvgIpc) is 2.52. The molecule has 0 saturated carbocycles. The lowest BCUT2D eigenvalue weighted by molar-refractivity contribution is 0.765. The third-order valence-electron chi connectivity index (χ3n) is 1.99. The van der Waals surface area contributed by atoms with Crippen molar-refractivity contribution in [3.8, 4) is 0 Å². The van der Waals surface area contributed by atoms with E-state index < -0.39 is 0 Å². The summed E-state index contributed by atoms with van der Waals surface area (Å²) < 4.78 is 0. The maximum absolute atomic E-state index is 3.31. The summed E-state index contributed by atoms with van der Waals surface area (Å²) in [5.41, 5.74) is 4.30. The molecule has 0 unspecified atom stereocenters. The Morgan fingerprint density at radius 1 is 1.15 bits per heavy atom. The second-order valence-electron chi connectivity index (χ2n) is 3.58. The Labute approximate surface area is 81.2 Å². The van der Waals surface area contributed by atoms with Crippen LogP contribution in [-0.2, 0) is 13.1 Å². The molecule has 0 radical (unpaired) electrons. The van der Waals surface area contributed by atoms with E-state index >= 15 is 0 Å². The van der Waals surface area contributed by atoms with E-state index in [9.17, 15) is 0 Å². The van der Waals surface area contributed by atoms with E-state index in [4.69, 9.17) is 0 Å². The summed E-state index contributed by atoms with van der Waals surface area (Å²) in [7, 11) is 0. The fraction of sp³-hybridized carbons (Fsp3) is 0.500. The van der Waals surface area contributed by atoms with Crippen molar-refractivity contribution in [2.45, 2.75) is 40.3 Å². The van der Waals surface area contributed by atoms with Gasteiger partial charge in [0.1, 0.15) is 0 Å². The van der Waals surface area contributed by atoms with E-state index in [-0.39, 0.29) is 0 Å². The third-order valence-corrected chi connectivity index (χ3v) is 1.99. The summed E-state index contributed by atoms with van der Waals surface area (Å²) in [6.07, 6.45) is 1.25. The molecule has 13 heavy (non-hydrogen) atoms. The molecule has 1 nitrogen and oxygen atoms in total. The quantitative estimate of drug-likeness (QED) is 0.642. The Morgan fingerprint density at radius 2 is 1.77 bits per heavy atom. The van der Waals surface area contributed by atoms with E-state index in [1.807, 2.05) is 0 Å². The average molecular weight is 177 g/mol. The number of rotatable bonds is 0. The highest BCUT2D eigenvalue weighted by molar-refractivity contribution is 5.33. The summed E-state index contributed by atoms with van der Waals surface area (Å²) in [4.78, 5) is 0. The Hall–Kier alpha value is -0.820. The van der Waals surface area contributed by atoms with Crippen molar-refractivity contribution in [3.63, 3.8) is 0 Å². The van der Waals surface area contributed by atoms with E-state index in [1.165, 1.54) is 23.1 Å². The van der Waals surface area contributed by atoms with Crippen LogP contribution in [0.25, 0.3) is 0 Å². The largest absolute Gasteiger partial charge is 0.309 e. The number of hydrogen-bond acceptors (Lipinski definition) is 1. The van der Waals surface area contributed by atoms with Crippen LogP contribution in [0, 0.1) is 6.92 Å². The van der Waals surface area contributed by atoms with Crippen LogP contribution in [0.4, 0.5) is 0 Å². The van der Waals surface area contributed by atoms with Gasteiger partial charge in [0, 0.05) is 13.1 Å². The van der Waals surface area contributed by atoms with Crippen LogP contribution in [0.15, 0.2) is 18.2 Å². The zero-order valence-corrected chi connectivity index (χ0v) is 8.85. The number of aryl methyl sites for hydroxylation is 1. The summed E-state index contributed by atoms with van der Waals surface area (Å²) in [6, 6.07) is 6.64. The zero-order chi connectivity index (χ0) is 9.68. The Bertz CT molecular complexity index is 266. The molecule has 1 N–H and O–H groups in total. The lowest BCUT2D eigenvalue weighted by atomic mass is 10.1. The molecule has 0 atom stereocenters. The first kappa shape index (κ1) is 10.3. The molecular weight excluding hydrogens is 158 g/mol. The van der Waals surface area contributed by atoms with Crippen LogP contribution < -0.4 is 5.32 Å². The molecule has 1 aromatic rings. The second kappa shape index (κ2) is 5.03. The first-order valence-corrected chi connectivity index (χ1v) is 5.07. The molecule has 0 saturated heterocycles. The van der Waals surface area contributed by atoms with Gasteiger partial charge in [-0.05, 0) is 18.1 Å². The van der Waals surface area contributed by atoms with E-state index in [1.54, 1.807) is 0 Å². The number of nitrogens with one attached hydrogen (secondary N) is 1. The predicted octanol–water partition coefficient (Wildman–Crippen LogP) is 3.01. The van der Waals surface area contributed by atoms with Crippen LogP contribution in [0.2, 0.25) is 0 Å². The standard InChI is InChI=1S/C9H11N.C3H8/c1-7-2-3-8-5-10-6-9(8)4-7;1-3-2/h2-4,10H,5-6H2,1H3;3H2,1-2H3. The molecule has 0 spiro atoms. The minimum absolute atomic E-state index is 1.05. The van der Waals surface area contributed by atoms with Gasteiger partial charge in [-0.25, -0.2) is 0 Å². The molecule has 2 rings (SSSR count). The van der Waals surface area contributed by atoms with Gasteiger partial charge < -0.3 is 5.32 Å². The maximum Gasteiger partial charge on any atom is 0.0212 e. The molecule has 0 aliphatic carbocycles. The van der Waals surface area contributed by atoms with Crippen molar-refractivity contribution in [2.75, 3.05) is 0 Å². The fourth-order valence-corrected chi connectivity index (χ4v) is 1.42. The van der Waals surface area contributed by atoms with Gasteiger partial charge in [0.2, 0.25) is 0 Å². The van der Waals surface area contributed by atoms with Crippen molar-refractivity contribution in [1.29, 1.82) is 0 Å². The van der Waals surface area contributed by atoms with Gasteiger partial charge in [0.05, 0.1) is 0 Å². The Kier molecular flexibility index (Phi) is 3.97. The molecule has 1 aliphatic heterocycles. The van der Waals surface area contributed by atoms with Crippen molar-refractivity contribution in [2.24, 2.45) is 0 Å². The summed E-state index contributed by atoms with van der Waals surface area (Å²) >= 11 is 0. The molecular formula is C12H19N. The van der Waals surface area contributed by atoms with Gasteiger partial charge in [-0.15, -0.1) is 0 Å². The summed E-state index contributed by atoms with van der Waals surface area (Å²) in [6.45, 7) is 8.49. The topological polar surface area (TPSA) is 12.0 Å². The minimum atomic E-state index is 1.05. The smallest absolute Gasteiger partial charge is 0.0212 e. The molecule has 1 heterocycles. The number of benzene rings is 1. The highest BCUT2D eigenvalue weighted by atomic mass is 14.9. The molecule has 0 aromatic heterocycles. The predicted molar refractivity (Wildman–Crippen MR) is 57.7 cm³/mol. The minimum Gasteiger partial charge on any atom is -0.309 e. The van der Waals surface area contributed by atoms with Crippen molar-refractivity contribution >= 4 is 0 Å². The molecule has 0 fully saturated rings. The molecule has 0 amide bonds. The monoisotopic (exact) mass is 177 g/mol. The highest BCUT2D eigenvalue weighted by Gasteiger charge is 2.07. The van der Waals surface area contributed by atoms with Crippen molar-refractivity contribution < 1.29 is 0 Å². The Morgan fingerprint density at radius 3 is 2.46 bits per heavy atom. The zero-order valence-electron chi connectivity index (χ0n) is 8.85. The fourth-order valence-electron chi connectivity index (χ4n) is 1.42. The number of hydrogen-bond donors (Lipinski definition) is 1. The van der Waals surface area contributed by atoms with Gasteiger partial charge in [-0.3, -0.25) is 0 Å². The third kappa shape index (κ3) is 2.85. The van der Waals surface area contributed by atoms with Crippen LogP contribution in [0.1, 0.15) is 37.0 Å². The van der Waals surface area contributed by atoms with Crippen LogP contribution in [0.5, 0.6) is 0 Å². The maximum atomic E-state index is 3.31. The van der Waals surface area contributed by atoms with Gasteiger partial charge in [0.25, 0.3) is 0 Å². The molecule has 0 bridgehead atoms. The molecule has 1 aromatic carbocycles. The van der Waals surface area contributed by atoms with E-state index in [0.717, 1.165) is 13.1 Å². The highest BCUT2D eigenvalue weighted by Crippen LogP contribution is 2.15. The summed E-state index contributed by atoms with van der Waals surface area (Å²) in [5, 5.41) is 3.31. The van der Waals surface area contributed by atoms with Crippen molar-refractivity contribution in [1.82, 2.24) is 5.32 Å². The van der Waals surface area contributed by atoms with Gasteiger partial charge in [-0.1, -0.05) is 44.0 Å². The molecule has 1 heteroatoms. The van der Waals surface area contributed by atoms with Crippen LogP contribution in [0.3, 0.4) is 0 Å². The van der Waals surface area contributed by atoms with Crippen LogP contribution in [-0.4, -0.2) is 0 Å². The van der Waals surface area contributed by atoms with Gasteiger partial charge in [-0.2, -0.15) is 0 Å². The Balaban J connectivity index is 0.000000251. The molecule has 72 valence electrons. The normalized spacial score (nSPS) is 13.2. The first-order valence-electron chi connectivity index (χ1n) is 5.07. The van der Waals surface area contributed by atoms with Gasteiger partial charge in [0.15, 0.2) is 0 Å². The van der Waals surface area contributed by atoms with E-state index in [2.05, 4.69) is 44.3 Å². The lowest BCUT2D eigenvalue weighted by Gasteiger charge is -1.97. The van der Waals surface area contributed by atoms with Crippen LogP contribution >= 0.6 is 0 Å². The first-order chi connectivity index (χ1) is 6.27. The second-order valence-corrected chi connectivity index (χ2v) is 3.58. The summed E-state index contributed by atoms with van der Waals surface area (Å²) in [5.74, 6) is 0. The van der Waals surface area contributed by atoms with Crippen molar-refractivity contribution in [3.05, 3.63) is 34.9 Å².